The van der Waals surface area contributed by atoms with Crippen molar-refractivity contribution in [1.82, 2.24) is 4.90 Å². The first-order valence-corrected chi connectivity index (χ1v) is 4.73. The van der Waals surface area contributed by atoms with Crippen LogP contribution in [0.25, 0.3) is 0 Å². The van der Waals surface area contributed by atoms with Gasteiger partial charge in [0.05, 0.1) is 0 Å². The summed E-state index contributed by atoms with van der Waals surface area (Å²) in [6.45, 7) is 0.619. The highest BCUT2D eigenvalue weighted by atomic mass is 16.3. The molecule has 1 N–H and O–H groups in total. The molecule has 0 bridgehead atoms. The normalized spacial score (nSPS) is 21.4. The highest BCUT2D eigenvalue weighted by molar-refractivity contribution is 5.75. The predicted molar refractivity (Wildman–Crippen MR) is 46.5 cm³/mol. The van der Waals surface area contributed by atoms with Crippen molar-refractivity contribution in [2.24, 2.45) is 0 Å². The zero-order chi connectivity index (χ0) is 8.81. The Balaban J connectivity index is 2.41. The van der Waals surface area contributed by atoms with E-state index in [1.54, 1.807) is 4.90 Å². The van der Waals surface area contributed by atoms with Crippen LogP contribution in [-0.4, -0.2) is 29.2 Å². The van der Waals surface area contributed by atoms with E-state index in [4.69, 9.17) is 5.11 Å². The molecule has 0 aliphatic carbocycles. The van der Waals surface area contributed by atoms with Crippen molar-refractivity contribution in [1.29, 1.82) is 0 Å². The molecule has 3 nitrogen and oxygen atoms in total. The smallest absolute Gasteiger partial charge is 0.224 e. The van der Waals surface area contributed by atoms with Gasteiger partial charge in [-0.2, -0.15) is 0 Å². The van der Waals surface area contributed by atoms with Gasteiger partial charge in [0.1, 0.15) is 6.73 Å². The van der Waals surface area contributed by atoms with E-state index in [1.807, 2.05) is 0 Å². The van der Waals surface area contributed by atoms with Crippen LogP contribution in [0, 0.1) is 0 Å². The molecule has 0 atom stereocenters. The van der Waals surface area contributed by atoms with Crippen molar-refractivity contribution in [2.75, 3.05) is 13.3 Å². The van der Waals surface area contributed by atoms with E-state index in [1.165, 1.54) is 12.8 Å². The second-order valence-corrected chi connectivity index (χ2v) is 3.32. The van der Waals surface area contributed by atoms with Crippen LogP contribution in [0.15, 0.2) is 0 Å². The molecule has 70 valence electrons. The van der Waals surface area contributed by atoms with Gasteiger partial charge in [0, 0.05) is 13.0 Å². The topological polar surface area (TPSA) is 40.5 Å². The third-order valence-electron chi connectivity index (χ3n) is 2.34. The first kappa shape index (κ1) is 9.52. The highest BCUT2D eigenvalue weighted by Gasteiger charge is 2.12. The largest absolute Gasteiger partial charge is 0.376 e. The fourth-order valence-electron chi connectivity index (χ4n) is 1.54. The Hall–Kier alpha value is -0.570. The van der Waals surface area contributed by atoms with Crippen LogP contribution in [0.5, 0.6) is 0 Å². The molecule has 1 heterocycles. The fourth-order valence-corrected chi connectivity index (χ4v) is 1.54. The molecule has 0 aromatic rings. The van der Waals surface area contributed by atoms with Gasteiger partial charge in [-0.3, -0.25) is 4.79 Å². The van der Waals surface area contributed by atoms with Crippen molar-refractivity contribution in [3.05, 3.63) is 0 Å². The number of nitrogens with zero attached hydrogens (tertiary/aromatic N) is 1. The van der Waals surface area contributed by atoms with E-state index < -0.39 is 0 Å². The van der Waals surface area contributed by atoms with Gasteiger partial charge in [-0.1, -0.05) is 19.3 Å². The molecular weight excluding hydrogens is 154 g/mol. The third kappa shape index (κ3) is 2.81. The summed E-state index contributed by atoms with van der Waals surface area (Å²) in [6.07, 6.45) is 6.20. The zero-order valence-corrected chi connectivity index (χ0v) is 7.46. The predicted octanol–water partition coefficient (Wildman–Crippen LogP) is 1.12. The molecule has 1 amide bonds. The lowest BCUT2D eigenvalue weighted by Gasteiger charge is -2.18. The number of carbonyl (C=O) groups is 1. The molecule has 1 rings (SSSR count). The summed E-state index contributed by atoms with van der Waals surface area (Å²) >= 11 is 0. The van der Waals surface area contributed by atoms with Crippen LogP contribution >= 0.6 is 0 Å². The average molecular weight is 171 g/mol. The zero-order valence-electron chi connectivity index (χ0n) is 7.46. The number of hydrogen-bond donors (Lipinski definition) is 1. The number of carbonyl (C=O) groups excluding carboxylic acids is 1. The Kier molecular flexibility index (Phi) is 4.08. The number of aliphatic hydroxyl groups is 1. The monoisotopic (exact) mass is 171 g/mol. The van der Waals surface area contributed by atoms with Gasteiger partial charge in [0.15, 0.2) is 0 Å². The summed E-state index contributed by atoms with van der Waals surface area (Å²) < 4.78 is 0. The van der Waals surface area contributed by atoms with Gasteiger partial charge in [-0.15, -0.1) is 0 Å². The van der Waals surface area contributed by atoms with E-state index in [-0.39, 0.29) is 12.6 Å². The van der Waals surface area contributed by atoms with Crippen molar-refractivity contribution in [3.63, 3.8) is 0 Å². The molecule has 0 spiro atoms. The molecule has 1 aliphatic rings. The van der Waals surface area contributed by atoms with Crippen molar-refractivity contribution in [3.8, 4) is 0 Å². The minimum atomic E-state index is -0.112. The quantitative estimate of drug-likeness (QED) is 0.642. The van der Waals surface area contributed by atoms with Crippen molar-refractivity contribution >= 4 is 5.91 Å². The van der Waals surface area contributed by atoms with E-state index in [0.717, 1.165) is 25.8 Å². The molecule has 0 saturated carbocycles. The van der Waals surface area contributed by atoms with Crippen LogP contribution in [-0.2, 0) is 4.79 Å². The molecule has 3 heteroatoms. The Morgan fingerprint density at radius 2 is 1.83 bits per heavy atom. The van der Waals surface area contributed by atoms with Gasteiger partial charge in [0.2, 0.25) is 5.91 Å². The van der Waals surface area contributed by atoms with Crippen LogP contribution in [0.1, 0.15) is 38.5 Å². The molecule has 0 aromatic heterocycles. The van der Waals surface area contributed by atoms with Gasteiger partial charge in [-0.05, 0) is 12.8 Å². The Labute approximate surface area is 73.4 Å². The van der Waals surface area contributed by atoms with Crippen LogP contribution < -0.4 is 0 Å². The maximum Gasteiger partial charge on any atom is 0.224 e. The first-order chi connectivity index (χ1) is 5.84. The minimum absolute atomic E-state index is 0.111. The van der Waals surface area contributed by atoms with E-state index in [2.05, 4.69) is 0 Å². The number of aliphatic hydroxyl groups excluding tert-OH is 1. The molecule has 12 heavy (non-hydrogen) atoms. The summed E-state index contributed by atoms with van der Waals surface area (Å²) in [4.78, 5) is 12.9. The Morgan fingerprint density at radius 3 is 2.58 bits per heavy atom. The molecule has 0 radical (unpaired) electrons. The van der Waals surface area contributed by atoms with Gasteiger partial charge in [0.25, 0.3) is 0 Å². The molecule has 1 aliphatic heterocycles. The molecular formula is C9H17NO2. The summed E-state index contributed by atoms with van der Waals surface area (Å²) in [6, 6.07) is 0. The third-order valence-corrected chi connectivity index (χ3v) is 2.34. The Bertz CT molecular complexity index is 147. The molecule has 0 unspecified atom stereocenters. The standard InChI is InChI=1S/C9H17NO2/c11-8-10-7-5-3-1-2-4-6-9(10)12/h11H,1-8H2. The molecule has 1 fully saturated rings. The second-order valence-electron chi connectivity index (χ2n) is 3.32. The fraction of sp³-hybridized carbons (Fsp3) is 0.889. The maximum atomic E-state index is 11.3. The Morgan fingerprint density at radius 1 is 1.17 bits per heavy atom. The lowest BCUT2D eigenvalue weighted by molar-refractivity contribution is -0.134. The lowest BCUT2D eigenvalue weighted by atomic mass is 10.1. The number of rotatable bonds is 1. The molecule has 1 saturated heterocycles. The van der Waals surface area contributed by atoms with Crippen LogP contribution in [0.3, 0.4) is 0 Å². The van der Waals surface area contributed by atoms with E-state index in [9.17, 15) is 4.79 Å². The summed E-state index contributed by atoms with van der Waals surface area (Å²) in [5.74, 6) is 0.111. The van der Waals surface area contributed by atoms with Crippen molar-refractivity contribution in [2.45, 2.75) is 38.5 Å². The second kappa shape index (κ2) is 5.14. The summed E-state index contributed by atoms with van der Waals surface area (Å²) in [5, 5.41) is 8.88. The SMILES string of the molecule is O=C1CCCCCCCN1CO. The average Bonchev–Trinajstić information content (AvgIpc) is 2.17. The minimum Gasteiger partial charge on any atom is -0.376 e. The highest BCUT2D eigenvalue weighted by Crippen LogP contribution is 2.11. The van der Waals surface area contributed by atoms with E-state index in [0.29, 0.717) is 6.42 Å². The van der Waals surface area contributed by atoms with Crippen LogP contribution in [0.4, 0.5) is 0 Å². The van der Waals surface area contributed by atoms with Gasteiger partial charge < -0.3 is 10.0 Å². The van der Waals surface area contributed by atoms with E-state index >= 15 is 0 Å². The maximum absolute atomic E-state index is 11.3. The molecule has 0 aromatic carbocycles. The summed E-state index contributed by atoms with van der Waals surface area (Å²) in [7, 11) is 0. The number of amides is 1. The van der Waals surface area contributed by atoms with Crippen molar-refractivity contribution < 1.29 is 9.90 Å². The van der Waals surface area contributed by atoms with Crippen LogP contribution in [0.2, 0.25) is 0 Å². The summed E-state index contributed by atoms with van der Waals surface area (Å²) in [5.41, 5.74) is 0. The van der Waals surface area contributed by atoms with Gasteiger partial charge >= 0.3 is 0 Å². The first-order valence-electron chi connectivity index (χ1n) is 4.73. The number of hydrogen-bond acceptors (Lipinski definition) is 2. The lowest BCUT2D eigenvalue weighted by Crippen LogP contribution is -2.32. The van der Waals surface area contributed by atoms with Gasteiger partial charge in [-0.25, -0.2) is 0 Å².